The number of ether oxygens (including phenoxy) is 1. The van der Waals surface area contributed by atoms with Crippen LogP contribution in [0.15, 0.2) is 18.2 Å². The second kappa shape index (κ2) is 6.75. The fraction of sp³-hybridized carbons (Fsp3) is 0.706. The van der Waals surface area contributed by atoms with E-state index in [1.165, 1.54) is 6.42 Å². The van der Waals surface area contributed by atoms with E-state index in [-0.39, 0.29) is 5.54 Å². The molecule has 1 aromatic rings. The van der Waals surface area contributed by atoms with Crippen LogP contribution in [0.25, 0.3) is 0 Å². The summed E-state index contributed by atoms with van der Waals surface area (Å²) >= 11 is 0. The second-order valence-corrected chi connectivity index (χ2v) is 6.79. The summed E-state index contributed by atoms with van der Waals surface area (Å²) in [6.45, 7) is 12.1. The molecule has 4 heteroatoms. The molecule has 118 valence electrons. The van der Waals surface area contributed by atoms with E-state index < -0.39 is 0 Å². The smallest absolute Gasteiger partial charge is 0.213 e. The van der Waals surface area contributed by atoms with Crippen LogP contribution < -0.4 is 10.1 Å². The number of hydrogen-bond acceptors (Lipinski definition) is 4. The topological polar surface area (TPSA) is 37.4 Å². The van der Waals surface area contributed by atoms with E-state index >= 15 is 0 Å². The summed E-state index contributed by atoms with van der Waals surface area (Å²) in [5.74, 6) is 1.38. The van der Waals surface area contributed by atoms with Gasteiger partial charge in [0.05, 0.1) is 12.8 Å². The molecular weight excluding hydrogens is 262 g/mol. The maximum Gasteiger partial charge on any atom is 0.213 e. The van der Waals surface area contributed by atoms with Crippen molar-refractivity contribution in [1.82, 2.24) is 15.2 Å². The Labute approximate surface area is 128 Å². The Hall–Kier alpha value is -1.13. The second-order valence-electron chi connectivity index (χ2n) is 6.79. The van der Waals surface area contributed by atoms with E-state index in [1.807, 2.05) is 12.1 Å². The lowest BCUT2D eigenvalue weighted by Gasteiger charge is -2.46. The highest BCUT2D eigenvalue weighted by Crippen LogP contribution is 2.24. The van der Waals surface area contributed by atoms with Crippen LogP contribution in [-0.4, -0.2) is 41.7 Å². The summed E-state index contributed by atoms with van der Waals surface area (Å²) in [6, 6.07) is 6.58. The van der Waals surface area contributed by atoms with E-state index in [9.17, 15) is 0 Å². The summed E-state index contributed by atoms with van der Waals surface area (Å²) in [7, 11) is 1.67. The molecule has 0 saturated carbocycles. The number of nitrogens with one attached hydrogen (secondary N) is 1. The number of pyridine rings is 1. The third kappa shape index (κ3) is 4.17. The fourth-order valence-corrected chi connectivity index (χ4v) is 3.06. The van der Waals surface area contributed by atoms with Crippen molar-refractivity contribution in [2.45, 2.75) is 52.2 Å². The van der Waals surface area contributed by atoms with Gasteiger partial charge < -0.3 is 10.1 Å². The van der Waals surface area contributed by atoms with E-state index in [0.29, 0.717) is 17.8 Å². The lowest BCUT2D eigenvalue weighted by atomic mass is 9.90. The van der Waals surface area contributed by atoms with Crippen LogP contribution >= 0.6 is 0 Å². The van der Waals surface area contributed by atoms with Gasteiger partial charge in [-0.25, -0.2) is 4.98 Å². The molecule has 0 aliphatic carbocycles. The number of hydrogen-bond donors (Lipinski definition) is 1. The van der Waals surface area contributed by atoms with Gasteiger partial charge in [0.15, 0.2) is 0 Å². The molecule has 1 N–H and O–H groups in total. The van der Waals surface area contributed by atoms with Gasteiger partial charge in [-0.05, 0) is 25.8 Å². The standard InChI is InChI=1S/C17H29N3O/c1-6-13(2)15-10-18-17(3,4)12-20(15)11-14-8-7-9-16(19-14)21-5/h7-9,13,15,18H,6,10-12H2,1-5H3. The molecular formula is C17H29N3O. The van der Waals surface area contributed by atoms with Gasteiger partial charge >= 0.3 is 0 Å². The number of methoxy groups -OCH3 is 1. The molecule has 2 atom stereocenters. The van der Waals surface area contributed by atoms with Crippen molar-refractivity contribution in [3.05, 3.63) is 23.9 Å². The van der Waals surface area contributed by atoms with Crippen LogP contribution in [0, 0.1) is 5.92 Å². The van der Waals surface area contributed by atoms with Crippen LogP contribution in [-0.2, 0) is 6.54 Å². The lowest BCUT2D eigenvalue weighted by molar-refractivity contribution is 0.0560. The first-order valence-electron chi connectivity index (χ1n) is 7.94. The van der Waals surface area contributed by atoms with Crippen LogP contribution in [0.5, 0.6) is 5.88 Å². The van der Waals surface area contributed by atoms with Crippen LogP contribution in [0.3, 0.4) is 0 Å². The van der Waals surface area contributed by atoms with Gasteiger partial charge in [0, 0.05) is 37.3 Å². The highest BCUT2D eigenvalue weighted by atomic mass is 16.5. The molecule has 0 spiro atoms. The zero-order valence-corrected chi connectivity index (χ0v) is 14.0. The molecule has 1 aliphatic rings. The minimum absolute atomic E-state index is 0.156. The van der Waals surface area contributed by atoms with Crippen LogP contribution in [0.2, 0.25) is 0 Å². The van der Waals surface area contributed by atoms with Gasteiger partial charge in [-0.1, -0.05) is 26.3 Å². The van der Waals surface area contributed by atoms with Crippen LogP contribution in [0.1, 0.15) is 39.8 Å². The Bertz CT molecular complexity index is 461. The highest BCUT2D eigenvalue weighted by Gasteiger charge is 2.34. The molecule has 1 saturated heterocycles. The summed E-state index contributed by atoms with van der Waals surface area (Å²) in [6.07, 6.45) is 1.20. The van der Waals surface area contributed by atoms with E-state index in [1.54, 1.807) is 7.11 Å². The van der Waals surface area contributed by atoms with Gasteiger partial charge in [-0.3, -0.25) is 4.90 Å². The average molecular weight is 291 g/mol. The predicted molar refractivity (Wildman–Crippen MR) is 86.5 cm³/mol. The summed E-state index contributed by atoms with van der Waals surface area (Å²) in [5, 5.41) is 3.68. The van der Waals surface area contributed by atoms with Gasteiger partial charge in [0.25, 0.3) is 0 Å². The summed E-state index contributed by atoms with van der Waals surface area (Å²) < 4.78 is 5.24. The first-order valence-corrected chi connectivity index (χ1v) is 7.94. The summed E-state index contributed by atoms with van der Waals surface area (Å²) in [5.41, 5.74) is 1.24. The first kappa shape index (κ1) is 16.2. The van der Waals surface area contributed by atoms with Gasteiger partial charge in [-0.2, -0.15) is 0 Å². The minimum Gasteiger partial charge on any atom is -0.481 e. The molecule has 21 heavy (non-hydrogen) atoms. The molecule has 4 nitrogen and oxygen atoms in total. The largest absolute Gasteiger partial charge is 0.481 e. The van der Waals surface area contributed by atoms with Gasteiger partial charge in [0.1, 0.15) is 0 Å². The van der Waals surface area contributed by atoms with Crippen molar-refractivity contribution in [2.24, 2.45) is 5.92 Å². The monoisotopic (exact) mass is 291 g/mol. The van der Waals surface area contributed by atoms with Crippen molar-refractivity contribution in [1.29, 1.82) is 0 Å². The molecule has 2 rings (SSSR count). The zero-order valence-electron chi connectivity index (χ0n) is 14.0. The first-order chi connectivity index (χ1) is 9.95. The van der Waals surface area contributed by atoms with Crippen molar-refractivity contribution in [3.63, 3.8) is 0 Å². The number of aromatic nitrogens is 1. The average Bonchev–Trinajstić information content (AvgIpc) is 2.46. The highest BCUT2D eigenvalue weighted by molar-refractivity contribution is 5.16. The van der Waals surface area contributed by atoms with Crippen molar-refractivity contribution in [3.8, 4) is 5.88 Å². The molecule has 0 aromatic carbocycles. The normalized spacial score (nSPS) is 23.8. The minimum atomic E-state index is 0.156. The third-order valence-electron chi connectivity index (χ3n) is 4.51. The van der Waals surface area contributed by atoms with Crippen molar-refractivity contribution >= 4 is 0 Å². The molecule has 1 aromatic heterocycles. The van der Waals surface area contributed by atoms with Gasteiger partial charge in [-0.15, -0.1) is 0 Å². The Morgan fingerprint density at radius 1 is 1.48 bits per heavy atom. The van der Waals surface area contributed by atoms with E-state index in [4.69, 9.17) is 4.74 Å². The van der Waals surface area contributed by atoms with Crippen molar-refractivity contribution < 1.29 is 4.74 Å². The Balaban J connectivity index is 2.15. The molecule has 0 amide bonds. The molecule has 1 fully saturated rings. The molecule has 0 radical (unpaired) electrons. The van der Waals surface area contributed by atoms with Crippen molar-refractivity contribution in [2.75, 3.05) is 20.2 Å². The Morgan fingerprint density at radius 3 is 2.90 bits per heavy atom. The fourth-order valence-electron chi connectivity index (χ4n) is 3.06. The Morgan fingerprint density at radius 2 is 2.24 bits per heavy atom. The molecule has 1 aliphatic heterocycles. The Kier molecular flexibility index (Phi) is 5.22. The zero-order chi connectivity index (χ0) is 15.5. The quantitative estimate of drug-likeness (QED) is 0.905. The SMILES string of the molecule is CCC(C)C1CNC(C)(C)CN1Cc1cccc(OC)n1. The third-order valence-corrected chi connectivity index (χ3v) is 4.51. The molecule has 2 unspecified atom stereocenters. The maximum absolute atomic E-state index is 5.24. The summed E-state index contributed by atoms with van der Waals surface area (Å²) in [4.78, 5) is 7.14. The lowest BCUT2D eigenvalue weighted by Crippen LogP contribution is -2.62. The molecule has 0 bridgehead atoms. The number of piperazine rings is 1. The van der Waals surface area contributed by atoms with Gasteiger partial charge in [0.2, 0.25) is 5.88 Å². The molecule has 2 heterocycles. The van der Waals surface area contributed by atoms with E-state index in [0.717, 1.165) is 25.3 Å². The number of rotatable bonds is 5. The maximum atomic E-state index is 5.24. The predicted octanol–water partition coefficient (Wildman–Crippen LogP) is 2.69. The van der Waals surface area contributed by atoms with Crippen LogP contribution in [0.4, 0.5) is 0 Å². The van der Waals surface area contributed by atoms with E-state index in [2.05, 4.69) is 49.0 Å². The number of nitrogens with zero attached hydrogens (tertiary/aromatic N) is 2.